The van der Waals surface area contributed by atoms with Crippen LogP contribution in [0.1, 0.15) is 5.56 Å². The standard InChI is InChI=1S/C17H23NO3/c1-3-7-21-17-10-18(16-12-20-11-15(16)17)9-13-5-4-6-14(8-13)19-2/h3-6,8,15-17H,1,7,9-12H2,2H3/t15-,16+,17+/m0/s1. The first-order valence-electron chi connectivity index (χ1n) is 7.49. The van der Waals surface area contributed by atoms with Crippen molar-refractivity contribution < 1.29 is 14.2 Å². The number of ether oxygens (including phenoxy) is 3. The van der Waals surface area contributed by atoms with Gasteiger partial charge in [0.2, 0.25) is 0 Å². The van der Waals surface area contributed by atoms with Gasteiger partial charge in [0.15, 0.2) is 0 Å². The number of methoxy groups -OCH3 is 1. The molecule has 2 fully saturated rings. The van der Waals surface area contributed by atoms with Gasteiger partial charge in [0, 0.05) is 25.0 Å². The van der Waals surface area contributed by atoms with Gasteiger partial charge in [0.05, 0.1) is 33.0 Å². The Kier molecular flexibility index (Phi) is 4.58. The lowest BCUT2D eigenvalue weighted by atomic mass is 10.0. The molecule has 0 aliphatic carbocycles. The summed E-state index contributed by atoms with van der Waals surface area (Å²) in [5.74, 6) is 1.39. The third-order valence-electron chi connectivity index (χ3n) is 4.40. The molecule has 0 amide bonds. The van der Waals surface area contributed by atoms with Crippen molar-refractivity contribution in [2.45, 2.75) is 18.7 Å². The van der Waals surface area contributed by atoms with E-state index in [9.17, 15) is 0 Å². The van der Waals surface area contributed by atoms with Crippen LogP contribution in [0.25, 0.3) is 0 Å². The van der Waals surface area contributed by atoms with Crippen LogP contribution in [0.15, 0.2) is 36.9 Å². The second kappa shape index (κ2) is 6.60. The van der Waals surface area contributed by atoms with Crippen LogP contribution in [0.2, 0.25) is 0 Å². The molecular formula is C17H23NO3. The summed E-state index contributed by atoms with van der Waals surface area (Å²) >= 11 is 0. The number of hydrogen-bond acceptors (Lipinski definition) is 4. The van der Waals surface area contributed by atoms with Gasteiger partial charge in [-0.3, -0.25) is 4.90 Å². The maximum Gasteiger partial charge on any atom is 0.119 e. The maximum atomic E-state index is 5.91. The Morgan fingerprint density at radius 2 is 2.33 bits per heavy atom. The molecule has 2 saturated heterocycles. The molecule has 0 unspecified atom stereocenters. The van der Waals surface area contributed by atoms with Gasteiger partial charge in [-0.2, -0.15) is 0 Å². The van der Waals surface area contributed by atoms with Gasteiger partial charge in [-0.25, -0.2) is 0 Å². The summed E-state index contributed by atoms with van der Waals surface area (Å²) in [7, 11) is 1.70. The number of likely N-dealkylation sites (tertiary alicyclic amines) is 1. The Morgan fingerprint density at radius 1 is 1.43 bits per heavy atom. The number of fused-ring (bicyclic) bond motifs is 1. The average molecular weight is 289 g/mol. The molecule has 0 saturated carbocycles. The zero-order chi connectivity index (χ0) is 14.7. The molecule has 2 aliphatic heterocycles. The first kappa shape index (κ1) is 14.6. The molecule has 1 aromatic rings. The summed E-state index contributed by atoms with van der Waals surface area (Å²) in [5.41, 5.74) is 1.27. The fourth-order valence-electron chi connectivity index (χ4n) is 3.35. The van der Waals surface area contributed by atoms with E-state index < -0.39 is 0 Å². The molecule has 4 heteroatoms. The lowest BCUT2D eigenvalue weighted by Gasteiger charge is -2.22. The molecule has 0 N–H and O–H groups in total. The van der Waals surface area contributed by atoms with E-state index in [1.807, 2.05) is 18.2 Å². The molecular weight excluding hydrogens is 266 g/mol. The highest BCUT2D eigenvalue weighted by Crippen LogP contribution is 2.33. The van der Waals surface area contributed by atoms with E-state index in [2.05, 4.69) is 23.6 Å². The minimum atomic E-state index is 0.251. The van der Waals surface area contributed by atoms with Crippen molar-refractivity contribution in [3.05, 3.63) is 42.5 Å². The van der Waals surface area contributed by atoms with Crippen molar-refractivity contribution in [1.29, 1.82) is 0 Å². The highest BCUT2D eigenvalue weighted by atomic mass is 16.5. The predicted octanol–water partition coefficient (Wildman–Crippen LogP) is 2.10. The Balaban J connectivity index is 1.68. The Labute approximate surface area is 126 Å². The molecule has 2 heterocycles. The van der Waals surface area contributed by atoms with E-state index in [-0.39, 0.29) is 6.10 Å². The number of rotatable bonds is 6. The molecule has 3 rings (SSSR count). The van der Waals surface area contributed by atoms with Gasteiger partial charge in [-0.15, -0.1) is 6.58 Å². The van der Waals surface area contributed by atoms with Crippen LogP contribution in [0.4, 0.5) is 0 Å². The Morgan fingerprint density at radius 3 is 3.14 bits per heavy atom. The topological polar surface area (TPSA) is 30.9 Å². The van der Waals surface area contributed by atoms with Crippen LogP contribution in [-0.2, 0) is 16.0 Å². The lowest BCUT2D eigenvalue weighted by molar-refractivity contribution is 0.0342. The average Bonchev–Trinajstić information content (AvgIpc) is 3.10. The molecule has 1 aromatic carbocycles. The number of benzene rings is 1. The van der Waals surface area contributed by atoms with Crippen LogP contribution in [-0.4, -0.2) is 50.5 Å². The van der Waals surface area contributed by atoms with E-state index in [1.54, 1.807) is 7.11 Å². The monoisotopic (exact) mass is 289 g/mol. The second-order valence-electron chi connectivity index (χ2n) is 5.71. The minimum Gasteiger partial charge on any atom is -0.497 e. The Bertz CT molecular complexity index is 491. The summed E-state index contributed by atoms with van der Waals surface area (Å²) in [6, 6.07) is 8.73. The van der Waals surface area contributed by atoms with Crippen molar-refractivity contribution in [1.82, 2.24) is 4.90 Å². The zero-order valence-corrected chi connectivity index (χ0v) is 12.5. The quantitative estimate of drug-likeness (QED) is 0.750. The van der Waals surface area contributed by atoms with Gasteiger partial charge >= 0.3 is 0 Å². The molecule has 114 valence electrons. The van der Waals surface area contributed by atoms with E-state index in [0.29, 0.717) is 18.6 Å². The van der Waals surface area contributed by atoms with E-state index in [4.69, 9.17) is 14.2 Å². The zero-order valence-electron chi connectivity index (χ0n) is 12.5. The molecule has 3 atom stereocenters. The molecule has 21 heavy (non-hydrogen) atoms. The van der Waals surface area contributed by atoms with Crippen LogP contribution in [0.3, 0.4) is 0 Å². The molecule has 0 radical (unpaired) electrons. The largest absolute Gasteiger partial charge is 0.497 e. The van der Waals surface area contributed by atoms with Crippen molar-refractivity contribution >= 4 is 0 Å². The third-order valence-corrected chi connectivity index (χ3v) is 4.40. The summed E-state index contributed by atoms with van der Waals surface area (Å²) in [4.78, 5) is 2.47. The fourth-order valence-corrected chi connectivity index (χ4v) is 3.35. The summed E-state index contributed by atoms with van der Waals surface area (Å²) < 4.78 is 16.9. The van der Waals surface area contributed by atoms with Crippen LogP contribution in [0.5, 0.6) is 5.75 Å². The van der Waals surface area contributed by atoms with E-state index >= 15 is 0 Å². The Hall–Kier alpha value is -1.36. The predicted molar refractivity (Wildman–Crippen MR) is 81.4 cm³/mol. The van der Waals surface area contributed by atoms with E-state index in [1.165, 1.54) is 5.56 Å². The molecule has 4 nitrogen and oxygen atoms in total. The summed E-state index contributed by atoms with van der Waals surface area (Å²) in [5, 5.41) is 0. The van der Waals surface area contributed by atoms with Crippen LogP contribution < -0.4 is 4.74 Å². The van der Waals surface area contributed by atoms with Crippen LogP contribution in [0, 0.1) is 5.92 Å². The highest BCUT2D eigenvalue weighted by Gasteiger charge is 2.45. The first-order chi connectivity index (χ1) is 10.3. The van der Waals surface area contributed by atoms with Gasteiger partial charge < -0.3 is 14.2 Å². The number of hydrogen-bond donors (Lipinski definition) is 0. The normalized spacial score (nSPS) is 28.5. The molecule has 0 bridgehead atoms. The van der Waals surface area contributed by atoms with Crippen molar-refractivity contribution in [2.75, 3.05) is 33.5 Å². The molecule has 0 aromatic heterocycles. The third kappa shape index (κ3) is 3.12. The second-order valence-corrected chi connectivity index (χ2v) is 5.71. The van der Waals surface area contributed by atoms with Crippen LogP contribution >= 0.6 is 0 Å². The highest BCUT2D eigenvalue weighted by molar-refractivity contribution is 5.28. The smallest absolute Gasteiger partial charge is 0.119 e. The minimum absolute atomic E-state index is 0.251. The van der Waals surface area contributed by atoms with Crippen molar-refractivity contribution in [2.24, 2.45) is 5.92 Å². The SMILES string of the molecule is C=CCO[C@@H]1CN(Cc2cccc(OC)c2)[C@@H]2COC[C@@H]21. The maximum absolute atomic E-state index is 5.91. The number of nitrogens with zero attached hydrogens (tertiary/aromatic N) is 1. The van der Waals surface area contributed by atoms with Crippen molar-refractivity contribution in [3.8, 4) is 5.75 Å². The van der Waals surface area contributed by atoms with Crippen molar-refractivity contribution in [3.63, 3.8) is 0 Å². The summed E-state index contributed by atoms with van der Waals surface area (Å²) in [6.07, 6.45) is 2.07. The van der Waals surface area contributed by atoms with E-state index in [0.717, 1.165) is 32.1 Å². The van der Waals surface area contributed by atoms with Gasteiger partial charge in [-0.05, 0) is 17.7 Å². The fraction of sp³-hybridized carbons (Fsp3) is 0.529. The summed E-state index contributed by atoms with van der Waals surface area (Å²) in [6.45, 7) is 7.83. The molecule has 2 aliphatic rings. The lowest BCUT2D eigenvalue weighted by Crippen LogP contribution is -2.32. The van der Waals surface area contributed by atoms with Gasteiger partial charge in [-0.1, -0.05) is 18.2 Å². The van der Waals surface area contributed by atoms with Gasteiger partial charge in [0.1, 0.15) is 5.75 Å². The molecule has 0 spiro atoms. The first-order valence-corrected chi connectivity index (χ1v) is 7.49. The van der Waals surface area contributed by atoms with Gasteiger partial charge in [0.25, 0.3) is 0 Å².